The number of hydrogen-bond acceptors (Lipinski definition) is 4. The monoisotopic (exact) mass is 508 g/mol. The van der Waals surface area contributed by atoms with Gasteiger partial charge in [-0.2, -0.15) is 0 Å². The Morgan fingerprint density at radius 1 is 0.595 bits per heavy atom. The first kappa shape index (κ1) is 30.9. The predicted octanol–water partition coefficient (Wildman–Crippen LogP) is 8.58. The molecule has 0 heterocycles. The average Bonchev–Trinajstić information content (AvgIpc) is 2.71. The summed E-state index contributed by atoms with van der Waals surface area (Å²) in [7, 11) is 0. The van der Waals surface area contributed by atoms with Gasteiger partial charge in [-0.25, -0.2) is 0 Å². The maximum absolute atomic E-state index is 12.0. The molecule has 0 N–H and O–H groups in total. The van der Waals surface area contributed by atoms with Gasteiger partial charge in [-0.05, 0) is 42.4 Å². The zero-order valence-electron chi connectivity index (χ0n) is 26.1. The Hall–Kier alpha value is -2.33. The van der Waals surface area contributed by atoms with Crippen LogP contribution in [-0.4, -0.2) is 17.6 Å². The summed E-state index contributed by atoms with van der Waals surface area (Å²) in [5.74, 6) is 1.46. The average molecular weight is 509 g/mol. The molecule has 4 nitrogen and oxygen atoms in total. The normalized spacial score (nSPS) is 14.1. The van der Waals surface area contributed by atoms with Crippen LogP contribution in [0.3, 0.4) is 0 Å². The van der Waals surface area contributed by atoms with Crippen molar-refractivity contribution in [1.82, 2.24) is 5.23 Å². The first-order valence-electron chi connectivity index (χ1n) is 13.4. The third-order valence-electron chi connectivity index (χ3n) is 6.55. The number of hydrogen-bond donors (Lipinski definition) is 0. The van der Waals surface area contributed by atoms with Crippen LogP contribution in [0.25, 0.3) is 0 Å². The molecule has 0 aliphatic rings. The lowest BCUT2D eigenvalue weighted by Crippen LogP contribution is -2.42. The fraction of sp³-hybridized carbons (Fsp3) is 0.606. The summed E-state index contributed by atoms with van der Waals surface area (Å²) in [6.45, 7) is 32.1. The van der Waals surface area contributed by atoms with Gasteiger partial charge in [0.05, 0.1) is 0 Å². The first-order chi connectivity index (χ1) is 16.6. The highest BCUT2D eigenvalue weighted by Gasteiger charge is 2.34. The van der Waals surface area contributed by atoms with E-state index in [1.54, 1.807) is 6.92 Å². The third kappa shape index (κ3) is 7.37. The number of aryl methyl sites for hydroxylation is 2. The van der Waals surface area contributed by atoms with Gasteiger partial charge in [-0.15, -0.1) is 0 Å². The zero-order valence-corrected chi connectivity index (χ0v) is 26.1. The van der Waals surface area contributed by atoms with E-state index in [1.807, 2.05) is 0 Å². The van der Waals surface area contributed by atoms with Gasteiger partial charge < -0.3 is 9.68 Å². The third-order valence-corrected chi connectivity index (χ3v) is 6.55. The van der Waals surface area contributed by atoms with Crippen molar-refractivity contribution in [3.05, 3.63) is 57.6 Å². The highest BCUT2D eigenvalue weighted by Crippen LogP contribution is 2.44. The number of carbonyl (C=O) groups excluding carboxylic acids is 1. The van der Waals surface area contributed by atoms with E-state index in [9.17, 15) is 4.79 Å². The van der Waals surface area contributed by atoms with E-state index in [1.165, 1.54) is 16.4 Å². The summed E-state index contributed by atoms with van der Waals surface area (Å²) in [4.78, 5) is 25.3. The lowest BCUT2D eigenvalue weighted by molar-refractivity contribution is -0.268. The fourth-order valence-corrected chi connectivity index (χ4v) is 4.37. The Bertz CT molecular complexity index is 965. The Balaban J connectivity index is 2.83. The second kappa shape index (κ2) is 10.4. The summed E-state index contributed by atoms with van der Waals surface area (Å²) < 4.78 is 0. The first-order valence-corrected chi connectivity index (χ1v) is 13.4. The molecule has 2 aromatic rings. The molecule has 205 valence electrons. The zero-order chi connectivity index (χ0) is 28.7. The van der Waals surface area contributed by atoms with E-state index in [-0.39, 0.29) is 21.7 Å². The van der Waals surface area contributed by atoms with Crippen LogP contribution in [0.2, 0.25) is 0 Å². The Morgan fingerprint density at radius 3 is 1.03 bits per heavy atom. The number of rotatable bonds is 6. The van der Waals surface area contributed by atoms with Crippen LogP contribution in [0.1, 0.15) is 123 Å². The summed E-state index contributed by atoms with van der Waals surface area (Å²) in [6.07, 6.45) is 2.09. The van der Waals surface area contributed by atoms with Gasteiger partial charge in [0.15, 0.2) is 11.5 Å². The van der Waals surface area contributed by atoms with Crippen LogP contribution in [0, 0.1) is 13.8 Å². The SMILES string of the molecule is Cc1cc(C(C)(C)C)c(ON(Oc2c(C(C)(C)C)cc(C)cc2C(C)(C)C)[C@@H](C)[C]=O)c(C(C)(C)C)c1. The topological polar surface area (TPSA) is 38.8 Å². The fourth-order valence-electron chi connectivity index (χ4n) is 4.37. The molecule has 37 heavy (non-hydrogen) atoms. The Labute approximate surface area is 226 Å². The maximum atomic E-state index is 12.0. The molecule has 0 fully saturated rings. The lowest BCUT2D eigenvalue weighted by atomic mass is 9.78. The van der Waals surface area contributed by atoms with Crippen molar-refractivity contribution in [3.8, 4) is 11.5 Å². The second-order valence-corrected chi connectivity index (χ2v) is 14.6. The van der Waals surface area contributed by atoms with E-state index >= 15 is 0 Å². The maximum Gasteiger partial charge on any atom is 0.224 e. The van der Waals surface area contributed by atoms with Crippen molar-refractivity contribution in [2.45, 2.75) is 132 Å². The summed E-state index contributed by atoms with van der Waals surface area (Å²) in [5, 5.41) is 1.34. The number of hydroxylamine groups is 2. The molecule has 0 spiro atoms. The molecular weight excluding hydrogens is 458 g/mol. The van der Waals surface area contributed by atoms with Gasteiger partial charge in [-0.3, -0.25) is 4.79 Å². The van der Waals surface area contributed by atoms with Gasteiger partial charge in [0, 0.05) is 27.5 Å². The van der Waals surface area contributed by atoms with E-state index < -0.39 is 6.04 Å². The molecule has 0 bridgehead atoms. The summed E-state index contributed by atoms with van der Waals surface area (Å²) >= 11 is 0. The van der Waals surface area contributed by atoms with Gasteiger partial charge >= 0.3 is 0 Å². The number of nitrogens with zero attached hydrogens (tertiary/aromatic N) is 1. The van der Waals surface area contributed by atoms with Crippen LogP contribution >= 0.6 is 0 Å². The highest BCUT2D eigenvalue weighted by atomic mass is 17.0. The van der Waals surface area contributed by atoms with E-state index in [4.69, 9.17) is 9.68 Å². The van der Waals surface area contributed by atoms with Gasteiger partial charge in [0.1, 0.15) is 6.04 Å². The largest absolute Gasteiger partial charge is 0.370 e. The minimum atomic E-state index is -0.760. The van der Waals surface area contributed by atoms with Crippen LogP contribution in [0.5, 0.6) is 11.5 Å². The minimum Gasteiger partial charge on any atom is -0.370 e. The molecule has 1 radical (unpaired) electrons. The molecule has 0 aliphatic carbocycles. The molecule has 0 aromatic heterocycles. The molecule has 2 aromatic carbocycles. The highest BCUT2D eigenvalue weighted by molar-refractivity contribution is 5.58. The number of benzene rings is 2. The quantitative estimate of drug-likeness (QED) is 0.366. The van der Waals surface area contributed by atoms with E-state index in [2.05, 4.69) is 127 Å². The molecule has 0 unspecified atom stereocenters. The van der Waals surface area contributed by atoms with E-state index in [0.717, 1.165) is 33.8 Å². The Kier molecular flexibility index (Phi) is 8.72. The van der Waals surface area contributed by atoms with Crippen molar-refractivity contribution in [2.75, 3.05) is 0 Å². The smallest absolute Gasteiger partial charge is 0.224 e. The molecule has 0 saturated heterocycles. The second-order valence-electron chi connectivity index (χ2n) is 14.6. The minimum absolute atomic E-state index is 0.182. The summed E-state index contributed by atoms with van der Waals surface area (Å²) in [5.41, 5.74) is 5.90. The molecule has 2 rings (SSSR count). The molecule has 4 heteroatoms. The molecule has 0 saturated carbocycles. The van der Waals surface area contributed by atoms with Crippen LogP contribution in [0.15, 0.2) is 24.3 Å². The van der Waals surface area contributed by atoms with Crippen molar-refractivity contribution < 1.29 is 14.5 Å². The van der Waals surface area contributed by atoms with Crippen molar-refractivity contribution >= 4 is 6.29 Å². The molecular formula is C33H50NO3. The van der Waals surface area contributed by atoms with E-state index in [0.29, 0.717) is 0 Å². The van der Waals surface area contributed by atoms with Gasteiger partial charge in [-0.1, -0.05) is 118 Å². The van der Waals surface area contributed by atoms with Gasteiger partial charge in [0.25, 0.3) is 0 Å². The molecule has 0 amide bonds. The van der Waals surface area contributed by atoms with Crippen LogP contribution < -0.4 is 9.68 Å². The van der Waals surface area contributed by atoms with Crippen LogP contribution in [-0.2, 0) is 26.5 Å². The van der Waals surface area contributed by atoms with Gasteiger partial charge in [0.2, 0.25) is 6.29 Å². The predicted molar refractivity (Wildman–Crippen MR) is 155 cm³/mol. The van der Waals surface area contributed by atoms with Crippen molar-refractivity contribution in [1.29, 1.82) is 0 Å². The molecule has 0 aliphatic heterocycles. The molecule has 1 atom stereocenters. The Morgan fingerprint density at radius 2 is 0.838 bits per heavy atom. The summed E-state index contributed by atoms with van der Waals surface area (Å²) in [6, 6.07) is 7.93. The van der Waals surface area contributed by atoms with Crippen LogP contribution in [0.4, 0.5) is 0 Å². The lowest BCUT2D eigenvalue weighted by Gasteiger charge is -2.35. The van der Waals surface area contributed by atoms with Crippen molar-refractivity contribution in [2.24, 2.45) is 0 Å². The standard InChI is InChI=1S/C33H50NO3/c1-21-16-24(30(4,5)6)28(25(17-21)31(7,8)9)36-34(23(3)20-35)37-29-26(32(10,11)12)18-22(2)19-27(29)33(13,14)15/h16-19,23H,1-15H3/t23-/m0/s1. The van der Waals surface area contributed by atoms with Crippen molar-refractivity contribution in [3.63, 3.8) is 0 Å².